The molecule has 0 bridgehead atoms. The van der Waals surface area contributed by atoms with Crippen molar-refractivity contribution in [2.75, 3.05) is 19.7 Å². The Hall–Kier alpha value is -2.34. The third kappa shape index (κ3) is 2.91. The summed E-state index contributed by atoms with van der Waals surface area (Å²) in [5.41, 5.74) is 6.16. The van der Waals surface area contributed by atoms with Gasteiger partial charge in [0.2, 0.25) is 5.88 Å². The van der Waals surface area contributed by atoms with E-state index in [1.54, 1.807) is 12.3 Å². The number of carbonyl (C=O) groups excluding carboxylic acids is 1. The van der Waals surface area contributed by atoms with Gasteiger partial charge in [0.25, 0.3) is 5.91 Å². The van der Waals surface area contributed by atoms with Gasteiger partial charge in [0.15, 0.2) is 0 Å². The molecule has 1 aliphatic heterocycles. The second-order valence-corrected chi connectivity index (χ2v) is 7.40. The highest BCUT2D eigenvalue weighted by Crippen LogP contribution is 2.55. The third-order valence-corrected chi connectivity index (χ3v) is 5.18. The Morgan fingerprint density at radius 3 is 2.96 bits per heavy atom. The van der Waals surface area contributed by atoms with Gasteiger partial charge in [-0.2, -0.15) is 0 Å². The summed E-state index contributed by atoms with van der Waals surface area (Å²) in [5.74, 6) is 1.27. The Morgan fingerprint density at radius 2 is 2.32 bits per heavy atom. The topological polar surface area (TPSA) is 86.5 Å². The van der Waals surface area contributed by atoms with Crippen LogP contribution < -0.4 is 20.5 Å². The SMILES string of the molecule is CC(C)Oc1cc2c(OCC34CNC[C@H]3C4)nccc2cc1C(N)=O. The number of fused-ring (bicyclic) bond motifs is 2. The summed E-state index contributed by atoms with van der Waals surface area (Å²) in [4.78, 5) is 16.2. The first-order valence-corrected chi connectivity index (χ1v) is 8.71. The third-order valence-electron chi connectivity index (χ3n) is 5.18. The van der Waals surface area contributed by atoms with E-state index in [0.29, 0.717) is 23.8 Å². The molecule has 4 rings (SSSR count). The van der Waals surface area contributed by atoms with E-state index in [4.69, 9.17) is 15.2 Å². The van der Waals surface area contributed by atoms with Crippen molar-refractivity contribution in [3.05, 3.63) is 30.0 Å². The number of nitrogens with two attached hydrogens (primary N) is 1. The summed E-state index contributed by atoms with van der Waals surface area (Å²) in [6.45, 7) is 6.58. The molecule has 1 unspecified atom stereocenters. The summed E-state index contributed by atoms with van der Waals surface area (Å²) in [5, 5.41) is 5.12. The van der Waals surface area contributed by atoms with Gasteiger partial charge in [-0.15, -0.1) is 0 Å². The number of nitrogens with one attached hydrogen (secondary N) is 1. The Kier molecular flexibility index (Phi) is 3.80. The fourth-order valence-electron chi connectivity index (χ4n) is 3.71. The van der Waals surface area contributed by atoms with E-state index in [9.17, 15) is 4.79 Å². The molecular weight excluding hydrogens is 318 g/mol. The van der Waals surface area contributed by atoms with Crippen molar-refractivity contribution < 1.29 is 14.3 Å². The Morgan fingerprint density at radius 1 is 1.48 bits per heavy atom. The lowest BCUT2D eigenvalue weighted by Crippen LogP contribution is -2.22. The predicted octanol–water partition coefficient (Wildman–Crippen LogP) is 2.11. The van der Waals surface area contributed by atoms with Crippen LogP contribution in [0.1, 0.15) is 30.6 Å². The van der Waals surface area contributed by atoms with Gasteiger partial charge < -0.3 is 20.5 Å². The molecule has 1 aromatic carbocycles. The Balaban J connectivity index is 1.68. The number of aromatic nitrogens is 1. The monoisotopic (exact) mass is 341 g/mol. The molecular formula is C19H23N3O3. The maximum absolute atomic E-state index is 11.8. The first-order chi connectivity index (χ1) is 12.0. The molecule has 0 spiro atoms. The number of benzene rings is 1. The van der Waals surface area contributed by atoms with Crippen LogP contribution in [0, 0.1) is 11.3 Å². The Bertz CT molecular complexity index is 836. The van der Waals surface area contributed by atoms with Crippen LogP contribution in [0.15, 0.2) is 24.4 Å². The highest BCUT2D eigenvalue weighted by atomic mass is 16.5. The summed E-state index contributed by atoms with van der Waals surface area (Å²) in [7, 11) is 0. The average Bonchev–Trinajstić information content (AvgIpc) is 3.11. The van der Waals surface area contributed by atoms with E-state index in [-0.39, 0.29) is 11.5 Å². The van der Waals surface area contributed by atoms with Crippen molar-refractivity contribution >= 4 is 16.7 Å². The van der Waals surface area contributed by atoms with Gasteiger partial charge in [0, 0.05) is 23.5 Å². The summed E-state index contributed by atoms with van der Waals surface area (Å²) in [6.07, 6.45) is 2.85. The summed E-state index contributed by atoms with van der Waals surface area (Å²) < 4.78 is 11.9. The minimum Gasteiger partial charge on any atom is -0.490 e. The van der Waals surface area contributed by atoms with Gasteiger partial charge in [-0.05, 0) is 56.3 Å². The highest BCUT2D eigenvalue weighted by molar-refractivity contribution is 6.01. The van der Waals surface area contributed by atoms with Crippen LogP contribution in [0.3, 0.4) is 0 Å². The number of nitrogens with zero attached hydrogens (tertiary/aromatic N) is 1. The van der Waals surface area contributed by atoms with Gasteiger partial charge in [-0.3, -0.25) is 4.79 Å². The predicted molar refractivity (Wildman–Crippen MR) is 94.9 cm³/mol. The molecule has 132 valence electrons. The molecule has 2 atom stereocenters. The molecule has 2 fully saturated rings. The Labute approximate surface area is 146 Å². The molecule has 6 nitrogen and oxygen atoms in total. The van der Waals surface area contributed by atoms with E-state index in [2.05, 4.69) is 10.3 Å². The van der Waals surface area contributed by atoms with Crippen LogP contribution in [-0.2, 0) is 0 Å². The molecule has 1 saturated heterocycles. The molecule has 6 heteroatoms. The molecule has 1 amide bonds. The minimum absolute atomic E-state index is 0.0627. The van der Waals surface area contributed by atoms with Gasteiger partial charge in [0.1, 0.15) is 5.75 Å². The first-order valence-electron chi connectivity index (χ1n) is 8.71. The maximum Gasteiger partial charge on any atom is 0.252 e. The molecule has 2 heterocycles. The number of pyridine rings is 1. The van der Waals surface area contributed by atoms with Crippen molar-refractivity contribution in [3.63, 3.8) is 0 Å². The molecule has 25 heavy (non-hydrogen) atoms. The van der Waals surface area contributed by atoms with Crippen LogP contribution >= 0.6 is 0 Å². The van der Waals surface area contributed by atoms with E-state index in [0.717, 1.165) is 29.8 Å². The second-order valence-electron chi connectivity index (χ2n) is 7.40. The zero-order chi connectivity index (χ0) is 17.6. The fourth-order valence-corrected chi connectivity index (χ4v) is 3.71. The van der Waals surface area contributed by atoms with Gasteiger partial charge in [0.05, 0.1) is 18.3 Å². The van der Waals surface area contributed by atoms with Crippen LogP contribution in [0.4, 0.5) is 0 Å². The largest absolute Gasteiger partial charge is 0.490 e. The zero-order valence-corrected chi connectivity index (χ0v) is 14.5. The normalized spacial score (nSPS) is 24.4. The summed E-state index contributed by atoms with van der Waals surface area (Å²) in [6, 6.07) is 5.41. The lowest BCUT2D eigenvalue weighted by molar-refractivity contribution is 0.0994. The van der Waals surface area contributed by atoms with Crippen molar-refractivity contribution in [1.29, 1.82) is 0 Å². The maximum atomic E-state index is 11.8. The highest BCUT2D eigenvalue weighted by Gasteiger charge is 2.57. The lowest BCUT2D eigenvalue weighted by Gasteiger charge is -2.17. The van der Waals surface area contributed by atoms with Crippen molar-refractivity contribution in [2.45, 2.75) is 26.4 Å². The first kappa shape index (κ1) is 16.1. The number of hydrogen-bond donors (Lipinski definition) is 2. The molecule has 2 aliphatic rings. The number of amides is 1. The minimum atomic E-state index is -0.506. The van der Waals surface area contributed by atoms with Crippen molar-refractivity contribution in [3.8, 4) is 11.6 Å². The van der Waals surface area contributed by atoms with Crippen LogP contribution in [0.25, 0.3) is 10.8 Å². The fraction of sp³-hybridized carbons (Fsp3) is 0.474. The molecule has 0 radical (unpaired) electrons. The lowest BCUT2D eigenvalue weighted by atomic mass is 10.1. The van der Waals surface area contributed by atoms with Gasteiger partial charge >= 0.3 is 0 Å². The number of carbonyl (C=O) groups is 1. The molecule has 1 saturated carbocycles. The second kappa shape index (κ2) is 5.88. The average molecular weight is 341 g/mol. The summed E-state index contributed by atoms with van der Waals surface area (Å²) >= 11 is 0. The number of hydrogen-bond acceptors (Lipinski definition) is 5. The molecule has 2 aromatic rings. The van der Waals surface area contributed by atoms with Crippen LogP contribution in [0.5, 0.6) is 11.6 Å². The molecule has 3 N–H and O–H groups in total. The smallest absolute Gasteiger partial charge is 0.252 e. The molecule has 1 aromatic heterocycles. The van der Waals surface area contributed by atoms with E-state index in [1.807, 2.05) is 26.0 Å². The van der Waals surface area contributed by atoms with Crippen LogP contribution in [0.2, 0.25) is 0 Å². The standard InChI is InChI=1S/C19H23N3O3/c1-11(2)25-16-6-14-12(5-15(16)17(20)23)3-4-22-18(14)24-10-19-7-13(19)8-21-9-19/h3-6,11,13,21H,7-10H2,1-2H3,(H2,20,23)/t13-,19?/m1/s1. The number of primary amides is 1. The van der Waals surface area contributed by atoms with Crippen molar-refractivity contribution in [1.82, 2.24) is 10.3 Å². The zero-order valence-electron chi connectivity index (χ0n) is 14.5. The van der Waals surface area contributed by atoms with Gasteiger partial charge in [-0.25, -0.2) is 4.98 Å². The quantitative estimate of drug-likeness (QED) is 0.840. The van der Waals surface area contributed by atoms with E-state index >= 15 is 0 Å². The van der Waals surface area contributed by atoms with Gasteiger partial charge in [-0.1, -0.05) is 0 Å². The number of ether oxygens (including phenoxy) is 2. The van der Waals surface area contributed by atoms with Crippen LogP contribution in [-0.4, -0.2) is 36.7 Å². The number of piperidine rings is 1. The van der Waals surface area contributed by atoms with E-state index in [1.165, 1.54) is 6.42 Å². The van der Waals surface area contributed by atoms with E-state index < -0.39 is 5.91 Å². The van der Waals surface area contributed by atoms with Crippen molar-refractivity contribution in [2.24, 2.45) is 17.1 Å². The number of rotatable bonds is 6. The molecule has 1 aliphatic carbocycles.